The Morgan fingerprint density at radius 3 is 2.67 bits per heavy atom. The Hall–Kier alpha value is -2.02. The van der Waals surface area contributed by atoms with E-state index < -0.39 is 15.7 Å². The number of nitrogens with one attached hydrogen (secondary N) is 2. The number of hydrogen-bond donors (Lipinski definition) is 2. The largest absolute Gasteiger partial charge is 0.339 e. The van der Waals surface area contributed by atoms with E-state index in [1.54, 1.807) is 14.0 Å². The van der Waals surface area contributed by atoms with Crippen LogP contribution in [0.1, 0.15) is 12.5 Å². The first-order chi connectivity index (χ1) is 9.91. The zero-order valence-electron chi connectivity index (χ0n) is 11.5. The third-order valence-electron chi connectivity index (χ3n) is 4.59. The second-order valence-electron chi connectivity index (χ2n) is 5.62. The molecule has 2 N–H and O–H groups in total. The van der Waals surface area contributed by atoms with Crippen molar-refractivity contribution in [2.45, 2.75) is 22.6 Å². The zero-order chi connectivity index (χ0) is 15.0. The van der Waals surface area contributed by atoms with Gasteiger partial charge in [-0.15, -0.1) is 0 Å². The Labute approximate surface area is 125 Å². The summed E-state index contributed by atoms with van der Waals surface area (Å²) in [6.45, 7) is 1.68. The molecule has 4 aliphatic rings. The highest BCUT2D eigenvalue weighted by Crippen LogP contribution is 2.58. The summed E-state index contributed by atoms with van der Waals surface area (Å²) >= 11 is 1.25. The molecule has 0 saturated carbocycles. The van der Waals surface area contributed by atoms with Crippen LogP contribution in [-0.4, -0.2) is 40.6 Å². The molecule has 3 fully saturated rings. The van der Waals surface area contributed by atoms with E-state index in [1.807, 2.05) is 24.3 Å². The van der Waals surface area contributed by atoms with Crippen molar-refractivity contribution in [1.82, 2.24) is 10.2 Å². The topological polar surface area (TPSA) is 78.5 Å². The molecular formula is C14H13N3O3S. The Bertz CT molecular complexity index is 721. The number of thioether (sulfide) groups is 1. The highest BCUT2D eigenvalue weighted by molar-refractivity contribution is 8.03. The van der Waals surface area contributed by atoms with Crippen molar-refractivity contribution in [3.05, 3.63) is 29.8 Å². The van der Waals surface area contributed by atoms with Crippen LogP contribution >= 0.6 is 11.8 Å². The number of para-hydroxylation sites is 1. The molecule has 0 unspecified atom stereocenters. The van der Waals surface area contributed by atoms with E-state index >= 15 is 0 Å². The van der Waals surface area contributed by atoms with E-state index in [9.17, 15) is 14.4 Å². The maximum Gasteiger partial charge on any atom is 0.256 e. The van der Waals surface area contributed by atoms with Crippen LogP contribution in [0.5, 0.6) is 0 Å². The SMILES string of the molecule is CN1C(=O)[C@@H]2NC(=O)[C@@]1(C)S[C@@]21C(=O)Nc2ccccc21. The van der Waals surface area contributed by atoms with Crippen molar-refractivity contribution in [2.24, 2.45) is 0 Å². The van der Waals surface area contributed by atoms with Gasteiger partial charge in [0, 0.05) is 18.3 Å². The smallest absolute Gasteiger partial charge is 0.256 e. The third kappa shape index (κ3) is 1.23. The average molecular weight is 303 g/mol. The summed E-state index contributed by atoms with van der Waals surface area (Å²) in [5.41, 5.74) is 1.47. The molecule has 5 rings (SSSR count). The van der Waals surface area contributed by atoms with Crippen molar-refractivity contribution in [1.29, 1.82) is 0 Å². The zero-order valence-corrected chi connectivity index (χ0v) is 12.3. The molecule has 1 spiro atoms. The van der Waals surface area contributed by atoms with Gasteiger partial charge in [0.05, 0.1) is 0 Å². The van der Waals surface area contributed by atoms with Gasteiger partial charge >= 0.3 is 0 Å². The van der Waals surface area contributed by atoms with Crippen molar-refractivity contribution in [2.75, 3.05) is 12.4 Å². The first kappa shape index (κ1) is 12.7. The minimum atomic E-state index is -1.08. The first-order valence-electron chi connectivity index (χ1n) is 6.61. The standard InChI is InChI=1S/C14H13N3O3S/c1-13-11(19)16-9(10(18)17(13)2)14(21-13)7-5-3-4-6-8(7)15-12(14)20/h3-6,9H,1-2H3,(H,15,20)(H,16,19)/t9-,13+,14+/m0/s1. The molecule has 2 bridgehead atoms. The van der Waals surface area contributed by atoms with E-state index in [4.69, 9.17) is 0 Å². The van der Waals surface area contributed by atoms with Gasteiger partial charge in [0.15, 0.2) is 9.62 Å². The lowest BCUT2D eigenvalue weighted by molar-refractivity contribution is -0.153. The fraction of sp³-hybridized carbons (Fsp3) is 0.357. The summed E-state index contributed by atoms with van der Waals surface area (Å²) in [5.74, 6) is -0.712. The molecule has 4 heterocycles. The fourth-order valence-electron chi connectivity index (χ4n) is 3.29. The van der Waals surface area contributed by atoms with Gasteiger partial charge in [-0.05, 0) is 13.0 Å². The van der Waals surface area contributed by atoms with Crippen molar-refractivity contribution in [3.8, 4) is 0 Å². The van der Waals surface area contributed by atoms with Crippen LogP contribution in [0.25, 0.3) is 0 Å². The summed E-state index contributed by atoms with van der Waals surface area (Å²) < 4.78 is -1.08. The van der Waals surface area contributed by atoms with Gasteiger partial charge in [-0.1, -0.05) is 30.0 Å². The minimum absolute atomic E-state index is 0.234. The summed E-state index contributed by atoms with van der Waals surface area (Å²) in [6.07, 6.45) is 0. The number of benzene rings is 1. The molecule has 1 aromatic rings. The Morgan fingerprint density at radius 1 is 1.19 bits per heavy atom. The lowest BCUT2D eigenvalue weighted by atomic mass is 9.87. The van der Waals surface area contributed by atoms with Crippen LogP contribution in [0.4, 0.5) is 5.69 Å². The van der Waals surface area contributed by atoms with Crippen LogP contribution in [0, 0.1) is 0 Å². The monoisotopic (exact) mass is 303 g/mol. The van der Waals surface area contributed by atoms with Crippen LogP contribution in [0.15, 0.2) is 24.3 Å². The minimum Gasteiger partial charge on any atom is -0.339 e. The normalized spacial score (nSPS) is 36.8. The fourth-order valence-corrected chi connectivity index (χ4v) is 5.00. The highest BCUT2D eigenvalue weighted by atomic mass is 32.2. The number of piperazine rings is 1. The molecule has 0 aliphatic carbocycles. The van der Waals surface area contributed by atoms with Gasteiger partial charge in [0.2, 0.25) is 11.8 Å². The van der Waals surface area contributed by atoms with Crippen LogP contribution in [0.3, 0.4) is 0 Å². The summed E-state index contributed by atoms with van der Waals surface area (Å²) in [7, 11) is 1.60. The molecule has 0 aromatic heterocycles. The molecule has 3 saturated heterocycles. The molecule has 108 valence electrons. The summed E-state index contributed by atoms with van der Waals surface area (Å²) in [6, 6.07) is 6.44. The van der Waals surface area contributed by atoms with Crippen LogP contribution < -0.4 is 10.6 Å². The van der Waals surface area contributed by atoms with E-state index in [2.05, 4.69) is 10.6 Å². The van der Waals surface area contributed by atoms with Gasteiger partial charge < -0.3 is 15.5 Å². The number of carbonyl (C=O) groups is 3. The Balaban J connectivity index is 1.97. The number of nitrogens with zero attached hydrogens (tertiary/aromatic N) is 1. The van der Waals surface area contributed by atoms with Crippen molar-refractivity contribution < 1.29 is 14.4 Å². The van der Waals surface area contributed by atoms with Gasteiger partial charge in [-0.3, -0.25) is 14.4 Å². The van der Waals surface area contributed by atoms with E-state index in [-0.39, 0.29) is 17.7 Å². The van der Waals surface area contributed by atoms with Gasteiger partial charge in [0.1, 0.15) is 6.04 Å². The number of amides is 3. The number of hydrogen-bond acceptors (Lipinski definition) is 4. The van der Waals surface area contributed by atoms with Crippen LogP contribution in [0.2, 0.25) is 0 Å². The molecular weight excluding hydrogens is 290 g/mol. The predicted molar refractivity (Wildman–Crippen MR) is 77.4 cm³/mol. The molecule has 3 amide bonds. The number of carbonyl (C=O) groups excluding carboxylic acids is 3. The molecule has 4 aliphatic heterocycles. The second kappa shape index (κ2) is 3.59. The third-order valence-corrected chi connectivity index (χ3v) is 6.41. The lowest BCUT2D eigenvalue weighted by Gasteiger charge is -2.55. The summed E-state index contributed by atoms with van der Waals surface area (Å²) in [4.78, 5) is 37.8. The molecule has 1 aromatic carbocycles. The van der Waals surface area contributed by atoms with Gasteiger partial charge in [0.25, 0.3) is 5.91 Å². The van der Waals surface area contributed by atoms with Gasteiger partial charge in [-0.25, -0.2) is 0 Å². The molecule has 0 radical (unpaired) electrons. The molecule has 3 atom stereocenters. The maximum absolute atomic E-state index is 12.6. The number of anilines is 1. The lowest BCUT2D eigenvalue weighted by Crippen LogP contribution is -2.78. The van der Waals surface area contributed by atoms with Gasteiger partial charge in [-0.2, -0.15) is 0 Å². The second-order valence-corrected chi connectivity index (χ2v) is 7.27. The quantitative estimate of drug-likeness (QED) is 0.720. The highest BCUT2D eigenvalue weighted by Gasteiger charge is 2.70. The summed E-state index contributed by atoms with van der Waals surface area (Å²) in [5, 5.41) is 5.56. The molecule has 21 heavy (non-hydrogen) atoms. The van der Waals surface area contributed by atoms with Crippen molar-refractivity contribution in [3.63, 3.8) is 0 Å². The van der Waals surface area contributed by atoms with E-state index in [0.29, 0.717) is 5.69 Å². The van der Waals surface area contributed by atoms with Crippen LogP contribution in [-0.2, 0) is 19.1 Å². The molecule has 7 heteroatoms. The Kier molecular flexibility index (Phi) is 2.17. The number of likely N-dealkylation sites (N-methyl/N-ethyl adjacent to an activating group) is 1. The van der Waals surface area contributed by atoms with E-state index in [1.165, 1.54) is 16.7 Å². The average Bonchev–Trinajstić information content (AvgIpc) is 2.73. The number of fused-ring (bicyclic) bond motifs is 3. The predicted octanol–water partition coefficient (Wildman–Crippen LogP) is 0.254. The van der Waals surface area contributed by atoms with Crippen molar-refractivity contribution >= 4 is 35.2 Å². The Morgan fingerprint density at radius 2 is 1.90 bits per heavy atom. The molecule has 6 nitrogen and oxygen atoms in total. The first-order valence-corrected chi connectivity index (χ1v) is 7.42. The van der Waals surface area contributed by atoms with E-state index in [0.717, 1.165) is 5.56 Å². The maximum atomic E-state index is 12.6. The number of rotatable bonds is 0.